The SMILES string of the molecule is O=C(NOC1CCCCO1)C(F)=Cc1cnc(N[C@@H]2CCCN(CC3CCCCC3)C2)c(Cl)c1. The molecule has 188 valence electrons. The van der Waals surface area contributed by atoms with E-state index >= 15 is 0 Å². The summed E-state index contributed by atoms with van der Waals surface area (Å²) in [7, 11) is 0. The molecule has 9 heteroatoms. The molecule has 3 aliphatic rings. The molecule has 2 N–H and O–H groups in total. The van der Waals surface area contributed by atoms with Crippen molar-refractivity contribution in [2.45, 2.75) is 76.5 Å². The first-order valence-corrected chi connectivity index (χ1v) is 13.0. The fraction of sp³-hybridized carbons (Fsp3) is 0.680. The van der Waals surface area contributed by atoms with E-state index in [-0.39, 0.29) is 6.04 Å². The van der Waals surface area contributed by atoms with Gasteiger partial charge in [0, 0.05) is 38.4 Å². The molecule has 1 saturated carbocycles. The molecule has 3 fully saturated rings. The fourth-order valence-electron chi connectivity index (χ4n) is 5.09. The number of nitrogens with one attached hydrogen (secondary N) is 2. The molecular formula is C25H36ClFN4O3. The summed E-state index contributed by atoms with van der Waals surface area (Å²) in [6.07, 6.45) is 13.7. The lowest BCUT2D eigenvalue weighted by atomic mass is 9.88. The number of anilines is 1. The van der Waals surface area contributed by atoms with Gasteiger partial charge in [0.1, 0.15) is 5.82 Å². The number of ether oxygens (including phenoxy) is 1. The van der Waals surface area contributed by atoms with E-state index < -0.39 is 18.0 Å². The van der Waals surface area contributed by atoms with Crippen molar-refractivity contribution in [2.24, 2.45) is 5.92 Å². The van der Waals surface area contributed by atoms with Crippen LogP contribution in [0.15, 0.2) is 18.1 Å². The zero-order valence-corrected chi connectivity index (χ0v) is 20.5. The highest BCUT2D eigenvalue weighted by molar-refractivity contribution is 6.33. The van der Waals surface area contributed by atoms with Gasteiger partial charge in [0.05, 0.1) is 5.02 Å². The van der Waals surface area contributed by atoms with Gasteiger partial charge < -0.3 is 15.0 Å². The first kappa shape index (κ1) is 25.4. The van der Waals surface area contributed by atoms with Crippen LogP contribution >= 0.6 is 11.6 Å². The lowest BCUT2D eigenvalue weighted by Crippen LogP contribution is -2.44. The minimum Gasteiger partial charge on any atom is -0.365 e. The Morgan fingerprint density at radius 2 is 2.03 bits per heavy atom. The summed E-state index contributed by atoms with van der Waals surface area (Å²) < 4.78 is 19.7. The number of likely N-dealkylation sites (tertiary alicyclic amines) is 1. The number of hydroxylamine groups is 1. The van der Waals surface area contributed by atoms with E-state index in [4.69, 9.17) is 21.2 Å². The van der Waals surface area contributed by atoms with Crippen LogP contribution in [0.25, 0.3) is 6.08 Å². The maximum absolute atomic E-state index is 14.3. The van der Waals surface area contributed by atoms with Gasteiger partial charge in [-0.25, -0.2) is 19.7 Å². The second-order valence-corrected chi connectivity index (χ2v) is 10.1. The van der Waals surface area contributed by atoms with Crippen LogP contribution in [0.1, 0.15) is 69.8 Å². The molecule has 0 bridgehead atoms. The molecule has 2 atom stereocenters. The quantitative estimate of drug-likeness (QED) is 0.388. The van der Waals surface area contributed by atoms with Crippen LogP contribution in [0.5, 0.6) is 0 Å². The highest BCUT2D eigenvalue weighted by atomic mass is 35.5. The molecule has 0 spiro atoms. The highest BCUT2D eigenvalue weighted by Crippen LogP contribution is 2.27. The second-order valence-electron chi connectivity index (χ2n) is 9.68. The van der Waals surface area contributed by atoms with E-state index in [1.165, 1.54) is 44.8 Å². The number of nitrogens with zero attached hydrogens (tertiary/aromatic N) is 2. The van der Waals surface area contributed by atoms with E-state index in [1.54, 1.807) is 6.07 Å². The Balaban J connectivity index is 1.27. The minimum atomic E-state index is -0.986. The van der Waals surface area contributed by atoms with Crippen molar-refractivity contribution in [3.05, 3.63) is 28.7 Å². The number of aromatic nitrogens is 1. The van der Waals surface area contributed by atoms with Gasteiger partial charge in [-0.3, -0.25) is 4.79 Å². The van der Waals surface area contributed by atoms with Crippen LogP contribution in [0.4, 0.5) is 10.2 Å². The molecule has 2 saturated heterocycles. The van der Waals surface area contributed by atoms with Crippen molar-refractivity contribution >= 4 is 29.4 Å². The second kappa shape index (κ2) is 12.8. The summed E-state index contributed by atoms with van der Waals surface area (Å²) in [4.78, 5) is 24.1. The Hall–Kier alpha value is -1.74. The smallest absolute Gasteiger partial charge is 0.303 e. The zero-order chi connectivity index (χ0) is 23.8. The van der Waals surface area contributed by atoms with Crippen molar-refractivity contribution in [1.29, 1.82) is 0 Å². The van der Waals surface area contributed by atoms with Crippen molar-refractivity contribution < 1.29 is 18.8 Å². The molecule has 34 heavy (non-hydrogen) atoms. The lowest BCUT2D eigenvalue weighted by Gasteiger charge is -2.36. The van der Waals surface area contributed by atoms with E-state index in [2.05, 4.69) is 20.7 Å². The molecule has 1 amide bonds. The van der Waals surface area contributed by atoms with Gasteiger partial charge in [0.15, 0.2) is 12.1 Å². The summed E-state index contributed by atoms with van der Waals surface area (Å²) in [5.74, 6) is -0.535. The van der Waals surface area contributed by atoms with Crippen molar-refractivity contribution in [3.63, 3.8) is 0 Å². The van der Waals surface area contributed by atoms with Crippen molar-refractivity contribution in [2.75, 3.05) is 31.6 Å². The highest BCUT2D eigenvalue weighted by Gasteiger charge is 2.24. The Morgan fingerprint density at radius 1 is 1.21 bits per heavy atom. The van der Waals surface area contributed by atoms with Crippen LogP contribution in [0.3, 0.4) is 0 Å². The number of hydrogen-bond acceptors (Lipinski definition) is 6. The molecule has 7 nitrogen and oxygen atoms in total. The first-order valence-electron chi connectivity index (χ1n) is 12.7. The number of hydrogen-bond donors (Lipinski definition) is 2. The van der Waals surface area contributed by atoms with Gasteiger partial charge in [-0.05, 0) is 68.7 Å². The largest absolute Gasteiger partial charge is 0.365 e. The number of pyridine rings is 1. The van der Waals surface area contributed by atoms with E-state index in [1.807, 2.05) is 0 Å². The van der Waals surface area contributed by atoms with Gasteiger partial charge in [0.25, 0.3) is 0 Å². The minimum absolute atomic E-state index is 0.283. The third-order valence-corrected chi connectivity index (χ3v) is 7.17. The maximum Gasteiger partial charge on any atom is 0.303 e. The normalized spacial score (nSPS) is 25.2. The van der Waals surface area contributed by atoms with Gasteiger partial charge in [-0.2, -0.15) is 0 Å². The fourth-order valence-corrected chi connectivity index (χ4v) is 5.32. The van der Waals surface area contributed by atoms with Gasteiger partial charge in [-0.15, -0.1) is 0 Å². The van der Waals surface area contributed by atoms with Gasteiger partial charge in [-0.1, -0.05) is 30.9 Å². The molecule has 1 unspecified atom stereocenters. The van der Waals surface area contributed by atoms with E-state index in [0.29, 0.717) is 29.4 Å². The van der Waals surface area contributed by atoms with Crippen LogP contribution in [0, 0.1) is 5.92 Å². The summed E-state index contributed by atoms with van der Waals surface area (Å²) in [5, 5.41) is 3.87. The average Bonchev–Trinajstić information content (AvgIpc) is 2.86. The van der Waals surface area contributed by atoms with Crippen molar-refractivity contribution in [3.8, 4) is 0 Å². The molecular weight excluding hydrogens is 459 g/mol. The van der Waals surface area contributed by atoms with E-state index in [9.17, 15) is 9.18 Å². The third kappa shape index (κ3) is 7.63. The predicted molar refractivity (Wildman–Crippen MR) is 131 cm³/mol. The average molecular weight is 495 g/mol. The van der Waals surface area contributed by atoms with Crippen LogP contribution < -0.4 is 10.8 Å². The molecule has 0 radical (unpaired) electrons. The number of carbonyl (C=O) groups is 1. The molecule has 2 aliphatic heterocycles. The standard InChI is InChI=1S/C25H36ClFN4O3/c26-21-13-19(14-22(27)25(32)30-34-23-10-4-5-12-33-23)15-28-24(21)29-20-9-6-11-31(17-20)16-18-7-2-1-3-8-18/h13-15,18,20,23H,1-12,16-17H2,(H,28,29)(H,30,32)/t20-,23?/m1/s1. The molecule has 4 rings (SSSR count). The zero-order valence-electron chi connectivity index (χ0n) is 19.7. The summed E-state index contributed by atoms with van der Waals surface area (Å²) in [6, 6.07) is 1.89. The van der Waals surface area contributed by atoms with Crippen LogP contribution in [-0.2, 0) is 14.4 Å². The van der Waals surface area contributed by atoms with Gasteiger partial charge in [0.2, 0.25) is 0 Å². The monoisotopic (exact) mass is 494 g/mol. The van der Waals surface area contributed by atoms with Crippen molar-refractivity contribution in [1.82, 2.24) is 15.4 Å². The van der Waals surface area contributed by atoms with Crippen LogP contribution in [-0.4, -0.2) is 54.4 Å². The molecule has 1 aliphatic carbocycles. The summed E-state index contributed by atoms with van der Waals surface area (Å²) in [6.45, 7) is 3.89. The molecule has 1 aromatic heterocycles. The number of halogens is 2. The summed E-state index contributed by atoms with van der Waals surface area (Å²) in [5.41, 5.74) is 2.51. The topological polar surface area (TPSA) is 75.7 Å². The Kier molecular flexibility index (Phi) is 9.56. The number of carbonyl (C=O) groups excluding carboxylic acids is 1. The molecule has 0 aromatic carbocycles. The first-order chi connectivity index (χ1) is 16.6. The lowest BCUT2D eigenvalue weighted by molar-refractivity contribution is -0.199. The van der Waals surface area contributed by atoms with E-state index in [0.717, 1.165) is 50.8 Å². The maximum atomic E-state index is 14.3. The molecule has 1 aromatic rings. The van der Waals surface area contributed by atoms with Crippen LogP contribution in [0.2, 0.25) is 5.02 Å². The predicted octanol–water partition coefficient (Wildman–Crippen LogP) is 5.08. The van der Waals surface area contributed by atoms with Gasteiger partial charge >= 0.3 is 5.91 Å². The summed E-state index contributed by atoms with van der Waals surface area (Å²) >= 11 is 6.43. The molecule has 3 heterocycles. The number of rotatable bonds is 8. The third-order valence-electron chi connectivity index (χ3n) is 6.88. The Morgan fingerprint density at radius 3 is 2.79 bits per heavy atom. The number of piperidine rings is 1. The number of amides is 1. The Bertz CT molecular complexity index is 843. The Labute approximate surface area is 206 Å².